The third-order valence-electron chi connectivity index (χ3n) is 2.96. The van der Waals surface area contributed by atoms with Gasteiger partial charge < -0.3 is 14.4 Å². The van der Waals surface area contributed by atoms with Gasteiger partial charge in [0.05, 0.1) is 19.5 Å². The Labute approximate surface area is 128 Å². The highest BCUT2D eigenvalue weighted by Crippen LogP contribution is 2.07. The fourth-order valence-corrected chi connectivity index (χ4v) is 3.30. The molecule has 0 radical (unpaired) electrons. The van der Waals surface area contributed by atoms with Gasteiger partial charge in [-0.25, -0.2) is 8.42 Å². The first kappa shape index (κ1) is 20.3. The molecule has 0 aliphatic heterocycles. The first-order valence-electron chi connectivity index (χ1n) is 7.01. The van der Waals surface area contributed by atoms with Gasteiger partial charge >= 0.3 is 5.97 Å². The first-order valence-corrected chi connectivity index (χ1v) is 8.62. The van der Waals surface area contributed by atoms with Gasteiger partial charge in [-0.15, -0.1) is 0 Å². The van der Waals surface area contributed by atoms with E-state index in [0.717, 1.165) is 13.0 Å². The summed E-state index contributed by atoms with van der Waals surface area (Å²) in [4.78, 5) is 13.0. The van der Waals surface area contributed by atoms with Crippen molar-refractivity contribution < 1.29 is 22.7 Å². The zero-order valence-electron chi connectivity index (χ0n) is 13.5. The summed E-state index contributed by atoms with van der Waals surface area (Å²) in [5, 5.41) is 0. The molecule has 0 aromatic heterocycles. The van der Waals surface area contributed by atoms with Crippen LogP contribution < -0.4 is 0 Å². The molecule has 0 spiro atoms. The van der Waals surface area contributed by atoms with E-state index in [1.54, 1.807) is 7.11 Å². The van der Waals surface area contributed by atoms with E-state index in [2.05, 4.69) is 4.74 Å². The lowest BCUT2D eigenvalue weighted by Gasteiger charge is -2.22. The minimum Gasteiger partial charge on any atom is -0.469 e. The van der Waals surface area contributed by atoms with Crippen LogP contribution in [0.4, 0.5) is 0 Å². The molecular weight excluding hydrogens is 296 g/mol. The molecule has 0 bridgehead atoms. The number of hydrogen-bond acceptors (Lipinski definition) is 6. The Bertz CT molecular complexity index is 384. The lowest BCUT2D eigenvalue weighted by Crippen LogP contribution is -2.37. The first-order chi connectivity index (χ1) is 9.83. The Kier molecular flexibility index (Phi) is 10.6. The molecule has 0 aromatic rings. The van der Waals surface area contributed by atoms with E-state index in [4.69, 9.17) is 4.74 Å². The van der Waals surface area contributed by atoms with E-state index in [0.29, 0.717) is 19.7 Å². The monoisotopic (exact) mass is 324 g/mol. The predicted octanol–water partition coefficient (Wildman–Crippen LogP) is 0.170. The van der Waals surface area contributed by atoms with Crippen LogP contribution in [0, 0.1) is 0 Å². The number of methoxy groups -OCH3 is 2. The van der Waals surface area contributed by atoms with Crippen molar-refractivity contribution in [3.63, 3.8) is 0 Å². The van der Waals surface area contributed by atoms with Gasteiger partial charge in [0, 0.05) is 26.6 Å². The third-order valence-corrected chi connectivity index (χ3v) is 4.92. The van der Waals surface area contributed by atoms with Crippen molar-refractivity contribution in [3.05, 3.63) is 0 Å². The zero-order chi connectivity index (χ0) is 16.3. The maximum atomic E-state index is 12.3. The molecule has 0 N–H and O–H groups in total. The van der Waals surface area contributed by atoms with Crippen LogP contribution in [0.1, 0.15) is 19.3 Å². The maximum Gasteiger partial charge on any atom is 0.305 e. The van der Waals surface area contributed by atoms with E-state index in [1.807, 2.05) is 19.0 Å². The standard InChI is InChI=1S/C13H28N2O5S/c1-14(2)8-6-9-15(10-11-19-3)21(17,18)12-5-7-13(16)20-4/h5-12H2,1-4H3. The molecular formula is C13H28N2O5S. The normalized spacial score (nSPS) is 12.1. The smallest absolute Gasteiger partial charge is 0.305 e. The molecule has 8 heteroatoms. The number of nitrogens with zero attached hydrogens (tertiary/aromatic N) is 2. The molecule has 0 saturated heterocycles. The van der Waals surface area contributed by atoms with Crippen LogP contribution >= 0.6 is 0 Å². The summed E-state index contributed by atoms with van der Waals surface area (Å²) < 4.78 is 35.5. The Hall–Kier alpha value is -0.700. The number of esters is 1. The van der Waals surface area contributed by atoms with Crippen LogP contribution in [-0.2, 0) is 24.3 Å². The van der Waals surface area contributed by atoms with Gasteiger partial charge in [0.15, 0.2) is 0 Å². The fourth-order valence-electron chi connectivity index (χ4n) is 1.78. The molecule has 0 atom stereocenters. The minimum absolute atomic E-state index is 0.0478. The van der Waals surface area contributed by atoms with Gasteiger partial charge in [-0.1, -0.05) is 0 Å². The van der Waals surface area contributed by atoms with Crippen molar-refractivity contribution in [2.75, 3.05) is 60.3 Å². The second-order valence-corrected chi connectivity index (χ2v) is 7.13. The highest BCUT2D eigenvalue weighted by atomic mass is 32.2. The molecule has 0 aromatic carbocycles. The van der Waals surface area contributed by atoms with Crippen molar-refractivity contribution in [1.82, 2.24) is 9.21 Å². The number of sulfonamides is 1. The number of carbonyl (C=O) groups is 1. The molecule has 0 unspecified atom stereocenters. The Morgan fingerprint density at radius 1 is 1.05 bits per heavy atom. The molecule has 0 fully saturated rings. The second kappa shape index (κ2) is 10.9. The third kappa shape index (κ3) is 9.78. The summed E-state index contributed by atoms with van der Waals surface area (Å²) in [6.07, 6.45) is 1.14. The molecule has 7 nitrogen and oxygen atoms in total. The fraction of sp³-hybridized carbons (Fsp3) is 0.923. The van der Waals surface area contributed by atoms with E-state index in [1.165, 1.54) is 11.4 Å². The molecule has 126 valence electrons. The van der Waals surface area contributed by atoms with Gasteiger partial charge in [-0.2, -0.15) is 4.31 Å². The van der Waals surface area contributed by atoms with Crippen LogP contribution in [0.15, 0.2) is 0 Å². The van der Waals surface area contributed by atoms with Crippen LogP contribution in [0.25, 0.3) is 0 Å². The molecule has 0 heterocycles. The summed E-state index contributed by atoms with van der Waals surface area (Å²) in [5.41, 5.74) is 0. The quantitative estimate of drug-likeness (QED) is 0.476. The van der Waals surface area contributed by atoms with Crippen molar-refractivity contribution in [1.29, 1.82) is 0 Å². The topological polar surface area (TPSA) is 76.2 Å². The zero-order valence-corrected chi connectivity index (χ0v) is 14.3. The Balaban J connectivity index is 4.44. The van der Waals surface area contributed by atoms with E-state index in [-0.39, 0.29) is 24.6 Å². The highest BCUT2D eigenvalue weighted by Gasteiger charge is 2.21. The number of rotatable bonds is 12. The molecule has 0 amide bonds. The lowest BCUT2D eigenvalue weighted by molar-refractivity contribution is -0.140. The van der Waals surface area contributed by atoms with Crippen molar-refractivity contribution in [3.8, 4) is 0 Å². The summed E-state index contributed by atoms with van der Waals surface area (Å²) in [6, 6.07) is 0. The average molecular weight is 324 g/mol. The van der Waals surface area contributed by atoms with Gasteiger partial charge in [0.2, 0.25) is 10.0 Å². The molecule has 0 aliphatic carbocycles. The second-order valence-electron chi connectivity index (χ2n) is 5.04. The average Bonchev–Trinajstić information content (AvgIpc) is 2.41. The van der Waals surface area contributed by atoms with Gasteiger partial charge in [0.25, 0.3) is 0 Å². The van der Waals surface area contributed by atoms with Gasteiger partial charge in [-0.3, -0.25) is 4.79 Å². The van der Waals surface area contributed by atoms with E-state index >= 15 is 0 Å². The maximum absolute atomic E-state index is 12.3. The van der Waals surface area contributed by atoms with Crippen molar-refractivity contribution in [2.45, 2.75) is 19.3 Å². The van der Waals surface area contributed by atoms with Crippen LogP contribution in [0.3, 0.4) is 0 Å². The van der Waals surface area contributed by atoms with Gasteiger partial charge in [-0.05, 0) is 33.5 Å². The van der Waals surface area contributed by atoms with Crippen molar-refractivity contribution >= 4 is 16.0 Å². The Morgan fingerprint density at radius 2 is 1.71 bits per heavy atom. The van der Waals surface area contributed by atoms with Crippen LogP contribution in [0.2, 0.25) is 0 Å². The largest absolute Gasteiger partial charge is 0.469 e. The Morgan fingerprint density at radius 3 is 2.24 bits per heavy atom. The molecule has 0 saturated carbocycles. The predicted molar refractivity (Wildman–Crippen MR) is 81.7 cm³/mol. The summed E-state index contributed by atoms with van der Waals surface area (Å²) in [5.74, 6) is -0.436. The van der Waals surface area contributed by atoms with E-state index in [9.17, 15) is 13.2 Å². The van der Waals surface area contributed by atoms with Gasteiger partial charge in [0.1, 0.15) is 0 Å². The summed E-state index contributed by atoms with van der Waals surface area (Å²) in [7, 11) is 3.37. The van der Waals surface area contributed by atoms with Crippen molar-refractivity contribution in [2.24, 2.45) is 0 Å². The SMILES string of the molecule is COCCN(CCCN(C)C)S(=O)(=O)CCCC(=O)OC. The highest BCUT2D eigenvalue weighted by molar-refractivity contribution is 7.89. The van der Waals surface area contributed by atoms with Crippen LogP contribution in [0.5, 0.6) is 0 Å². The van der Waals surface area contributed by atoms with Crippen LogP contribution in [-0.4, -0.2) is 83.9 Å². The number of hydrogen-bond donors (Lipinski definition) is 0. The van der Waals surface area contributed by atoms with E-state index < -0.39 is 10.0 Å². The number of ether oxygens (including phenoxy) is 2. The molecule has 0 rings (SSSR count). The number of carbonyl (C=O) groups excluding carboxylic acids is 1. The molecule has 21 heavy (non-hydrogen) atoms. The lowest BCUT2D eigenvalue weighted by atomic mass is 10.3. The minimum atomic E-state index is -3.37. The summed E-state index contributed by atoms with van der Waals surface area (Å²) in [6.45, 7) is 1.98. The molecule has 0 aliphatic rings. The summed E-state index contributed by atoms with van der Waals surface area (Å²) >= 11 is 0.